The van der Waals surface area contributed by atoms with Crippen LogP contribution in [0.1, 0.15) is 39.9 Å². The number of imidazole rings is 1. The number of carbonyl (C=O) groups is 1. The number of carbonyl (C=O) groups excluding carboxylic acids is 1. The first-order valence-corrected chi connectivity index (χ1v) is 9.53. The first-order valence-electron chi connectivity index (χ1n) is 9.53. The second-order valence-corrected chi connectivity index (χ2v) is 7.14. The first-order chi connectivity index (χ1) is 13.6. The van der Waals surface area contributed by atoms with Crippen LogP contribution in [0.5, 0.6) is 0 Å². The highest BCUT2D eigenvalue weighted by Gasteiger charge is 2.33. The summed E-state index contributed by atoms with van der Waals surface area (Å²) in [7, 11) is 0. The van der Waals surface area contributed by atoms with Crippen molar-refractivity contribution in [3.05, 3.63) is 64.8 Å². The first kappa shape index (κ1) is 18.2. The largest absolute Gasteiger partial charge is 0.348 e. The second kappa shape index (κ2) is 7.46. The summed E-state index contributed by atoms with van der Waals surface area (Å²) in [6.45, 7) is 7.93. The SMILES string of the molecule is Cc1nn(CCNC(=O)N2CCc3[nH]cnc3C2c2ccncc2)c(C)c1C. The van der Waals surface area contributed by atoms with Gasteiger partial charge in [0.1, 0.15) is 6.04 Å². The molecule has 1 unspecified atom stereocenters. The van der Waals surface area contributed by atoms with Gasteiger partial charge >= 0.3 is 6.03 Å². The van der Waals surface area contributed by atoms with Crippen LogP contribution >= 0.6 is 0 Å². The molecule has 4 rings (SSSR count). The van der Waals surface area contributed by atoms with Crippen molar-refractivity contribution >= 4 is 6.03 Å². The Balaban J connectivity index is 1.49. The smallest absolute Gasteiger partial charge is 0.318 e. The number of rotatable bonds is 4. The molecule has 8 heteroatoms. The average molecular weight is 379 g/mol. The molecule has 0 bridgehead atoms. The molecule has 1 aliphatic heterocycles. The molecule has 28 heavy (non-hydrogen) atoms. The van der Waals surface area contributed by atoms with Crippen molar-refractivity contribution in [3.8, 4) is 0 Å². The van der Waals surface area contributed by atoms with Crippen LogP contribution in [-0.4, -0.2) is 48.8 Å². The Bertz CT molecular complexity index is 976. The van der Waals surface area contributed by atoms with E-state index in [9.17, 15) is 4.79 Å². The molecule has 0 radical (unpaired) electrons. The van der Waals surface area contributed by atoms with Crippen LogP contribution in [0, 0.1) is 20.8 Å². The molecule has 1 aliphatic rings. The molecule has 0 aromatic carbocycles. The minimum absolute atomic E-state index is 0.0892. The molecule has 2 amide bonds. The van der Waals surface area contributed by atoms with Crippen molar-refractivity contribution in [1.82, 2.24) is 34.9 Å². The quantitative estimate of drug-likeness (QED) is 0.727. The molecule has 1 atom stereocenters. The lowest BCUT2D eigenvalue weighted by Crippen LogP contribution is -2.46. The van der Waals surface area contributed by atoms with Crippen molar-refractivity contribution in [1.29, 1.82) is 0 Å². The Hall–Kier alpha value is -3.16. The third-order valence-electron chi connectivity index (χ3n) is 5.55. The van der Waals surface area contributed by atoms with Crippen molar-refractivity contribution in [2.45, 2.75) is 39.8 Å². The molecule has 2 N–H and O–H groups in total. The standard InChI is InChI=1S/C20H25N7O/c1-13-14(2)25-27(15(13)3)11-9-22-20(28)26-10-6-17-18(24-12-23-17)19(26)16-4-7-21-8-5-16/h4-5,7-8,12,19H,6,9-11H2,1-3H3,(H,22,28)(H,23,24). The minimum atomic E-state index is -0.214. The maximum atomic E-state index is 13.0. The Labute approximate surface area is 164 Å². The van der Waals surface area contributed by atoms with Gasteiger partial charge in [-0.15, -0.1) is 0 Å². The lowest BCUT2D eigenvalue weighted by Gasteiger charge is -2.35. The van der Waals surface area contributed by atoms with E-state index in [1.165, 1.54) is 5.56 Å². The van der Waals surface area contributed by atoms with Gasteiger partial charge in [0.2, 0.25) is 0 Å². The fraction of sp³-hybridized carbons (Fsp3) is 0.400. The number of nitrogens with zero attached hydrogens (tertiary/aromatic N) is 5. The monoisotopic (exact) mass is 379 g/mol. The highest BCUT2D eigenvalue weighted by atomic mass is 16.2. The van der Waals surface area contributed by atoms with Gasteiger partial charge in [-0.3, -0.25) is 9.67 Å². The van der Waals surface area contributed by atoms with Crippen LogP contribution in [0.15, 0.2) is 30.9 Å². The van der Waals surface area contributed by atoms with Crippen molar-refractivity contribution in [2.75, 3.05) is 13.1 Å². The van der Waals surface area contributed by atoms with Gasteiger partial charge in [-0.05, 0) is 44.0 Å². The molecule has 3 aromatic rings. The average Bonchev–Trinajstić information content (AvgIpc) is 3.28. The van der Waals surface area contributed by atoms with E-state index in [1.54, 1.807) is 18.7 Å². The number of hydrogen-bond acceptors (Lipinski definition) is 4. The molecular weight excluding hydrogens is 354 g/mol. The zero-order chi connectivity index (χ0) is 19.7. The van der Waals surface area contributed by atoms with E-state index < -0.39 is 0 Å². The van der Waals surface area contributed by atoms with Crippen molar-refractivity contribution in [3.63, 3.8) is 0 Å². The summed E-state index contributed by atoms with van der Waals surface area (Å²) in [4.78, 5) is 26.6. The lowest BCUT2D eigenvalue weighted by atomic mass is 9.97. The van der Waals surface area contributed by atoms with Crippen LogP contribution in [0.3, 0.4) is 0 Å². The van der Waals surface area contributed by atoms with Crippen LogP contribution in [-0.2, 0) is 13.0 Å². The Morgan fingerprint density at radius 3 is 2.79 bits per heavy atom. The molecule has 0 fully saturated rings. The van der Waals surface area contributed by atoms with Gasteiger partial charge in [-0.1, -0.05) is 0 Å². The molecule has 146 valence electrons. The maximum absolute atomic E-state index is 13.0. The number of nitrogens with one attached hydrogen (secondary N) is 2. The van der Waals surface area contributed by atoms with Gasteiger partial charge in [0.05, 0.1) is 24.3 Å². The fourth-order valence-corrected chi connectivity index (χ4v) is 3.75. The highest BCUT2D eigenvalue weighted by Crippen LogP contribution is 2.32. The van der Waals surface area contributed by atoms with E-state index in [-0.39, 0.29) is 12.1 Å². The molecular formula is C20H25N7O. The third-order valence-corrected chi connectivity index (χ3v) is 5.55. The Morgan fingerprint density at radius 1 is 1.29 bits per heavy atom. The Kier molecular flexibility index (Phi) is 4.85. The van der Waals surface area contributed by atoms with E-state index in [2.05, 4.69) is 39.2 Å². The number of aryl methyl sites for hydroxylation is 1. The summed E-state index contributed by atoms with van der Waals surface area (Å²) in [5.74, 6) is 0. The molecule has 8 nitrogen and oxygen atoms in total. The predicted molar refractivity (Wildman–Crippen MR) is 105 cm³/mol. The summed E-state index contributed by atoms with van der Waals surface area (Å²) in [5.41, 5.74) is 6.37. The summed E-state index contributed by atoms with van der Waals surface area (Å²) < 4.78 is 1.95. The van der Waals surface area contributed by atoms with E-state index in [0.29, 0.717) is 19.6 Å². The normalized spacial score (nSPS) is 16.1. The van der Waals surface area contributed by atoms with Gasteiger partial charge in [-0.2, -0.15) is 5.10 Å². The number of pyridine rings is 1. The van der Waals surface area contributed by atoms with Crippen molar-refractivity contribution in [2.24, 2.45) is 0 Å². The summed E-state index contributed by atoms with van der Waals surface area (Å²) >= 11 is 0. The van der Waals surface area contributed by atoms with Crippen LogP contribution in [0.25, 0.3) is 0 Å². The van der Waals surface area contributed by atoms with Crippen LogP contribution in [0.2, 0.25) is 0 Å². The lowest BCUT2D eigenvalue weighted by molar-refractivity contribution is 0.178. The van der Waals surface area contributed by atoms with Crippen molar-refractivity contribution < 1.29 is 4.79 Å². The number of aromatic nitrogens is 5. The zero-order valence-electron chi connectivity index (χ0n) is 16.4. The summed E-state index contributed by atoms with van der Waals surface area (Å²) in [5, 5.41) is 7.59. The second-order valence-electron chi connectivity index (χ2n) is 7.14. The summed E-state index contributed by atoms with van der Waals surface area (Å²) in [6, 6.07) is 3.57. The number of amides is 2. The summed E-state index contributed by atoms with van der Waals surface area (Å²) in [6.07, 6.45) is 5.96. The van der Waals surface area contributed by atoms with Gasteiger partial charge in [0.25, 0.3) is 0 Å². The minimum Gasteiger partial charge on any atom is -0.348 e. The number of urea groups is 1. The number of hydrogen-bond donors (Lipinski definition) is 2. The zero-order valence-corrected chi connectivity index (χ0v) is 16.4. The molecule has 4 heterocycles. The number of fused-ring (bicyclic) bond motifs is 1. The van der Waals surface area contributed by atoms with E-state index in [0.717, 1.165) is 34.8 Å². The number of H-pyrrole nitrogens is 1. The van der Waals surface area contributed by atoms with Crippen LogP contribution < -0.4 is 5.32 Å². The van der Waals surface area contributed by atoms with Gasteiger partial charge in [0, 0.05) is 43.3 Å². The van der Waals surface area contributed by atoms with Gasteiger partial charge in [-0.25, -0.2) is 9.78 Å². The molecule has 0 aliphatic carbocycles. The highest BCUT2D eigenvalue weighted by molar-refractivity contribution is 5.75. The Morgan fingerprint density at radius 2 is 2.07 bits per heavy atom. The predicted octanol–water partition coefficient (Wildman–Crippen LogP) is 2.28. The van der Waals surface area contributed by atoms with E-state index in [1.807, 2.05) is 28.6 Å². The van der Waals surface area contributed by atoms with E-state index >= 15 is 0 Å². The van der Waals surface area contributed by atoms with Gasteiger partial charge < -0.3 is 15.2 Å². The van der Waals surface area contributed by atoms with Gasteiger partial charge in [0.15, 0.2) is 0 Å². The topological polar surface area (TPSA) is 91.7 Å². The molecule has 0 saturated heterocycles. The molecule has 3 aromatic heterocycles. The third kappa shape index (κ3) is 3.26. The van der Waals surface area contributed by atoms with E-state index in [4.69, 9.17) is 0 Å². The molecule has 0 saturated carbocycles. The van der Waals surface area contributed by atoms with Crippen LogP contribution in [0.4, 0.5) is 4.79 Å². The number of aromatic amines is 1. The maximum Gasteiger partial charge on any atom is 0.318 e. The molecule has 0 spiro atoms. The fourth-order valence-electron chi connectivity index (χ4n) is 3.75.